The molecule has 0 saturated heterocycles. The highest BCUT2D eigenvalue weighted by molar-refractivity contribution is 9.27. The first-order valence-corrected chi connectivity index (χ1v) is 8.44. The Morgan fingerprint density at radius 3 is 2.06 bits per heavy atom. The molecular weight excluding hydrogens is 428 g/mol. The molecule has 1 rings (SSSR count). The van der Waals surface area contributed by atoms with Crippen LogP contribution in [0.1, 0.15) is 11.7 Å². The maximum absolute atomic E-state index is 11.5. The predicted octanol–water partition coefficient (Wildman–Crippen LogP) is 2.97. The van der Waals surface area contributed by atoms with E-state index in [1.165, 1.54) is 0 Å². The van der Waals surface area contributed by atoms with Crippen LogP contribution < -0.4 is 0 Å². The normalized spacial score (nSPS) is 14.8. The van der Waals surface area contributed by atoms with Gasteiger partial charge in [0.2, 0.25) is 2.57 Å². The summed E-state index contributed by atoms with van der Waals surface area (Å²) in [5.41, 5.74) is 0.502. The number of halogens is 3. The van der Waals surface area contributed by atoms with Gasteiger partial charge in [-0.3, -0.25) is 0 Å². The van der Waals surface area contributed by atoms with Crippen molar-refractivity contribution in [2.24, 2.45) is 0 Å². The van der Waals surface area contributed by atoms with Crippen LogP contribution in [0.2, 0.25) is 0 Å². The summed E-state index contributed by atoms with van der Waals surface area (Å²) in [4.78, 5) is 0. The van der Waals surface area contributed by atoms with Crippen LogP contribution in [0.4, 0.5) is 0 Å². The average molecular weight is 437 g/mol. The second-order valence-corrected chi connectivity index (χ2v) is 11.0. The van der Waals surface area contributed by atoms with Crippen molar-refractivity contribution in [2.45, 2.75) is 8.67 Å². The maximum atomic E-state index is 11.5. The van der Waals surface area contributed by atoms with Crippen molar-refractivity contribution in [3.8, 4) is 0 Å². The summed E-state index contributed by atoms with van der Waals surface area (Å²) < 4.78 is 22.2. The largest absolute Gasteiger partial charge is 0.385 e. The van der Waals surface area contributed by atoms with Crippen molar-refractivity contribution in [1.82, 2.24) is 0 Å². The van der Waals surface area contributed by atoms with Crippen molar-refractivity contribution in [1.29, 1.82) is 0 Å². The van der Waals surface area contributed by atoms with E-state index >= 15 is 0 Å². The Morgan fingerprint density at radius 2 is 1.69 bits per heavy atom. The Labute approximate surface area is 120 Å². The van der Waals surface area contributed by atoms with E-state index in [-0.39, 0.29) is 0 Å². The molecule has 1 N–H and O–H groups in total. The lowest BCUT2D eigenvalue weighted by molar-refractivity contribution is 0.189. The molecule has 0 amide bonds. The average Bonchev–Trinajstić information content (AvgIpc) is 2.16. The van der Waals surface area contributed by atoms with Crippen LogP contribution in [0.15, 0.2) is 28.7 Å². The lowest BCUT2D eigenvalue weighted by atomic mass is 10.1. The standard InChI is InChI=1S/C9H9Br3O3S/c1-16(14,15)9(11,12)8(13)6-2-4-7(10)5-3-6/h2-5,8,13H,1H3/t8-/m1/s1. The van der Waals surface area contributed by atoms with E-state index < -0.39 is 18.5 Å². The number of aliphatic hydroxyl groups excluding tert-OH is 1. The molecule has 1 atom stereocenters. The van der Waals surface area contributed by atoms with Gasteiger partial charge in [-0.1, -0.05) is 59.9 Å². The number of alkyl halides is 2. The third-order valence-corrected chi connectivity index (χ3v) is 8.13. The van der Waals surface area contributed by atoms with Crippen LogP contribution >= 0.6 is 47.8 Å². The van der Waals surface area contributed by atoms with Gasteiger partial charge in [-0.15, -0.1) is 0 Å². The van der Waals surface area contributed by atoms with E-state index in [1.807, 2.05) is 0 Å². The highest BCUT2D eigenvalue weighted by Crippen LogP contribution is 2.43. The Hall–Kier alpha value is 0.570. The minimum atomic E-state index is -3.49. The molecule has 0 heterocycles. The lowest BCUT2D eigenvalue weighted by Crippen LogP contribution is -2.31. The van der Waals surface area contributed by atoms with Crippen LogP contribution in [0.5, 0.6) is 0 Å². The molecule has 0 fully saturated rings. The first-order chi connectivity index (χ1) is 7.16. The van der Waals surface area contributed by atoms with Gasteiger partial charge in [0.1, 0.15) is 6.10 Å². The summed E-state index contributed by atoms with van der Waals surface area (Å²) in [5, 5.41) is 9.99. The van der Waals surface area contributed by atoms with Crippen molar-refractivity contribution in [3.63, 3.8) is 0 Å². The molecule has 3 nitrogen and oxygen atoms in total. The third kappa shape index (κ3) is 3.07. The molecule has 0 aromatic heterocycles. The van der Waals surface area contributed by atoms with Gasteiger partial charge in [-0.25, -0.2) is 8.42 Å². The Balaban J connectivity index is 3.12. The molecule has 0 unspecified atom stereocenters. The molecule has 0 aliphatic heterocycles. The summed E-state index contributed by atoms with van der Waals surface area (Å²) >= 11 is 9.24. The second-order valence-electron chi connectivity index (χ2n) is 3.29. The number of sulfone groups is 1. The molecule has 0 bridgehead atoms. The van der Waals surface area contributed by atoms with E-state index in [9.17, 15) is 13.5 Å². The molecule has 1 aromatic carbocycles. The molecule has 1 aromatic rings. The van der Waals surface area contributed by atoms with Gasteiger partial charge in [-0.2, -0.15) is 0 Å². The van der Waals surface area contributed by atoms with Gasteiger partial charge in [0.15, 0.2) is 9.84 Å². The summed E-state index contributed by atoms with van der Waals surface area (Å²) in [5.74, 6) is 0. The molecule has 16 heavy (non-hydrogen) atoms. The zero-order chi connectivity index (χ0) is 12.6. The van der Waals surface area contributed by atoms with Gasteiger partial charge in [0, 0.05) is 10.7 Å². The summed E-state index contributed by atoms with van der Waals surface area (Å²) in [6.07, 6.45) is -0.158. The van der Waals surface area contributed by atoms with Crippen molar-refractivity contribution in [3.05, 3.63) is 34.3 Å². The van der Waals surface area contributed by atoms with Gasteiger partial charge in [0.05, 0.1) is 0 Å². The van der Waals surface area contributed by atoms with Crippen LogP contribution in [-0.4, -0.2) is 22.3 Å². The molecular formula is C9H9Br3O3S. The Bertz CT molecular complexity index is 467. The fourth-order valence-corrected chi connectivity index (χ4v) is 2.38. The van der Waals surface area contributed by atoms with Crippen LogP contribution in [0.3, 0.4) is 0 Å². The fourth-order valence-electron chi connectivity index (χ4n) is 1.04. The molecule has 0 radical (unpaired) electrons. The summed E-state index contributed by atoms with van der Waals surface area (Å²) in [6.45, 7) is 0. The Morgan fingerprint density at radius 1 is 1.25 bits per heavy atom. The number of aliphatic hydroxyl groups is 1. The molecule has 0 aliphatic carbocycles. The lowest BCUT2D eigenvalue weighted by Gasteiger charge is -2.25. The summed E-state index contributed by atoms with van der Waals surface area (Å²) in [6, 6.07) is 6.77. The van der Waals surface area contributed by atoms with E-state index in [4.69, 9.17) is 0 Å². The third-order valence-electron chi connectivity index (χ3n) is 2.00. The second kappa shape index (κ2) is 5.06. The molecule has 7 heteroatoms. The number of hydrogen-bond donors (Lipinski definition) is 1. The zero-order valence-corrected chi connectivity index (χ0v) is 13.8. The van der Waals surface area contributed by atoms with E-state index in [0.29, 0.717) is 5.56 Å². The topological polar surface area (TPSA) is 54.4 Å². The van der Waals surface area contributed by atoms with Gasteiger partial charge >= 0.3 is 0 Å². The first-order valence-electron chi connectivity index (χ1n) is 4.17. The number of rotatable bonds is 3. The molecule has 0 aliphatic rings. The van der Waals surface area contributed by atoms with E-state index in [0.717, 1.165) is 10.7 Å². The minimum absolute atomic E-state index is 0.502. The highest BCUT2D eigenvalue weighted by Gasteiger charge is 2.43. The quantitative estimate of drug-likeness (QED) is 0.741. The molecule has 0 saturated carbocycles. The monoisotopic (exact) mass is 434 g/mol. The molecule has 90 valence electrons. The van der Waals surface area contributed by atoms with Crippen LogP contribution in [-0.2, 0) is 9.84 Å². The first kappa shape index (κ1) is 14.6. The Kier molecular flexibility index (Phi) is 4.62. The fraction of sp³-hybridized carbons (Fsp3) is 0.333. The zero-order valence-electron chi connectivity index (χ0n) is 8.19. The van der Waals surface area contributed by atoms with E-state index in [2.05, 4.69) is 47.8 Å². The summed E-state index contributed by atoms with van der Waals surface area (Å²) in [7, 11) is -3.49. The number of benzene rings is 1. The predicted molar refractivity (Wildman–Crippen MR) is 74.5 cm³/mol. The van der Waals surface area contributed by atoms with Gasteiger partial charge in [-0.05, 0) is 17.7 Å². The van der Waals surface area contributed by atoms with Crippen molar-refractivity contribution in [2.75, 3.05) is 6.26 Å². The van der Waals surface area contributed by atoms with Crippen LogP contribution in [0.25, 0.3) is 0 Å². The van der Waals surface area contributed by atoms with Gasteiger partial charge < -0.3 is 5.11 Å². The highest BCUT2D eigenvalue weighted by atomic mass is 79.9. The SMILES string of the molecule is CS(=O)(=O)C(Br)(Br)[C@H](O)c1ccc(Br)cc1. The maximum Gasteiger partial charge on any atom is 0.210 e. The van der Waals surface area contributed by atoms with Gasteiger partial charge in [0.25, 0.3) is 0 Å². The molecule has 0 spiro atoms. The number of hydrogen-bond acceptors (Lipinski definition) is 3. The smallest absolute Gasteiger partial charge is 0.210 e. The van der Waals surface area contributed by atoms with E-state index in [1.54, 1.807) is 24.3 Å². The minimum Gasteiger partial charge on any atom is -0.385 e. The van der Waals surface area contributed by atoms with Crippen molar-refractivity contribution >= 4 is 57.6 Å². The van der Waals surface area contributed by atoms with Crippen LogP contribution in [0, 0.1) is 0 Å². The van der Waals surface area contributed by atoms with Crippen molar-refractivity contribution < 1.29 is 13.5 Å².